The molecule has 0 spiro atoms. The van der Waals surface area contributed by atoms with Gasteiger partial charge in [-0.2, -0.15) is 0 Å². The van der Waals surface area contributed by atoms with Gasteiger partial charge >= 0.3 is 5.97 Å². The van der Waals surface area contributed by atoms with E-state index in [1.807, 2.05) is 13.8 Å². The Bertz CT molecular complexity index is 622. The van der Waals surface area contributed by atoms with E-state index < -0.39 is 0 Å². The summed E-state index contributed by atoms with van der Waals surface area (Å²) in [6.07, 6.45) is 1.37. The first kappa shape index (κ1) is 23.5. The van der Waals surface area contributed by atoms with Crippen LogP contribution in [0.2, 0.25) is 0 Å². The number of nitrogens with zero attached hydrogens (tertiary/aromatic N) is 2. The Hall–Kier alpha value is -1.58. The molecule has 6 nitrogen and oxygen atoms in total. The Kier molecular flexibility index (Phi) is 10.4. The fraction of sp³-hybridized carbons (Fsp3) is 0.579. The number of rotatable bonds is 6. The van der Waals surface area contributed by atoms with Gasteiger partial charge in [0.2, 0.25) is 0 Å². The van der Waals surface area contributed by atoms with Gasteiger partial charge < -0.3 is 19.7 Å². The molecule has 1 N–H and O–H groups in total. The van der Waals surface area contributed by atoms with E-state index in [9.17, 15) is 9.18 Å². The van der Waals surface area contributed by atoms with Crippen LogP contribution in [0.3, 0.4) is 0 Å². The number of hydrogen-bond donors (Lipinski definition) is 1. The summed E-state index contributed by atoms with van der Waals surface area (Å²) in [7, 11) is 1.73. The van der Waals surface area contributed by atoms with Crippen molar-refractivity contribution in [1.29, 1.82) is 0 Å². The van der Waals surface area contributed by atoms with Gasteiger partial charge in [0.05, 0.1) is 19.1 Å². The van der Waals surface area contributed by atoms with Gasteiger partial charge in [0.25, 0.3) is 0 Å². The number of piperidine rings is 1. The number of ether oxygens (including phenoxy) is 2. The number of benzene rings is 1. The number of aliphatic imine (C=N–C) groups is 1. The molecule has 0 aromatic heterocycles. The van der Waals surface area contributed by atoms with E-state index in [1.54, 1.807) is 19.2 Å². The molecule has 0 saturated carbocycles. The van der Waals surface area contributed by atoms with E-state index in [4.69, 9.17) is 9.47 Å². The van der Waals surface area contributed by atoms with Crippen LogP contribution in [0.25, 0.3) is 0 Å². The molecule has 152 valence electrons. The number of hydrogen-bond acceptors (Lipinski definition) is 4. The predicted molar refractivity (Wildman–Crippen MR) is 114 cm³/mol. The molecule has 27 heavy (non-hydrogen) atoms. The van der Waals surface area contributed by atoms with Gasteiger partial charge in [0, 0.05) is 26.2 Å². The van der Waals surface area contributed by atoms with Gasteiger partial charge in [-0.25, -0.2) is 4.39 Å². The summed E-state index contributed by atoms with van der Waals surface area (Å²) in [5.74, 6) is 0.834. The number of carbonyl (C=O) groups excluding carboxylic acids is 1. The average Bonchev–Trinajstić information content (AvgIpc) is 2.63. The monoisotopic (exact) mass is 493 g/mol. The van der Waals surface area contributed by atoms with Crippen molar-refractivity contribution in [2.24, 2.45) is 10.9 Å². The second-order valence-electron chi connectivity index (χ2n) is 6.33. The molecule has 1 unspecified atom stereocenters. The Morgan fingerprint density at radius 1 is 1.41 bits per heavy atom. The lowest BCUT2D eigenvalue weighted by Crippen LogP contribution is -2.48. The van der Waals surface area contributed by atoms with E-state index in [1.165, 1.54) is 12.1 Å². The third-order valence-electron chi connectivity index (χ3n) is 4.31. The topological polar surface area (TPSA) is 63.2 Å². The second kappa shape index (κ2) is 12.0. The van der Waals surface area contributed by atoms with Crippen LogP contribution in [0.4, 0.5) is 4.39 Å². The molecule has 1 aromatic carbocycles. The third-order valence-corrected chi connectivity index (χ3v) is 4.31. The first-order valence-electron chi connectivity index (χ1n) is 9.08. The lowest BCUT2D eigenvalue weighted by Gasteiger charge is -2.33. The summed E-state index contributed by atoms with van der Waals surface area (Å²) < 4.78 is 24.0. The first-order valence-corrected chi connectivity index (χ1v) is 9.08. The molecule has 1 saturated heterocycles. The van der Waals surface area contributed by atoms with Crippen molar-refractivity contribution in [2.45, 2.75) is 32.8 Å². The number of esters is 1. The molecule has 0 radical (unpaired) electrons. The van der Waals surface area contributed by atoms with Gasteiger partial charge in [-0.1, -0.05) is 6.07 Å². The summed E-state index contributed by atoms with van der Waals surface area (Å²) in [6, 6.07) is 6.11. The van der Waals surface area contributed by atoms with E-state index in [0.717, 1.165) is 31.9 Å². The minimum atomic E-state index is -0.317. The molecule has 1 aliphatic heterocycles. The van der Waals surface area contributed by atoms with Crippen molar-refractivity contribution >= 4 is 35.9 Å². The molecule has 1 fully saturated rings. The number of likely N-dealkylation sites (tertiary alicyclic amines) is 1. The third kappa shape index (κ3) is 7.51. The molecule has 1 aliphatic rings. The van der Waals surface area contributed by atoms with Crippen molar-refractivity contribution in [3.63, 3.8) is 0 Å². The molecule has 8 heteroatoms. The van der Waals surface area contributed by atoms with Crippen molar-refractivity contribution in [2.75, 3.05) is 33.3 Å². The fourth-order valence-electron chi connectivity index (χ4n) is 2.97. The molecular formula is C19H29FIN3O3. The van der Waals surface area contributed by atoms with E-state index >= 15 is 0 Å². The molecule has 1 heterocycles. The van der Waals surface area contributed by atoms with Crippen LogP contribution in [0, 0.1) is 11.7 Å². The summed E-state index contributed by atoms with van der Waals surface area (Å²) >= 11 is 0. The lowest BCUT2D eigenvalue weighted by atomic mass is 9.97. The fourth-order valence-corrected chi connectivity index (χ4v) is 2.97. The molecule has 2 rings (SSSR count). The van der Waals surface area contributed by atoms with Crippen LogP contribution in [-0.2, 0) is 9.53 Å². The van der Waals surface area contributed by atoms with Gasteiger partial charge in [0.1, 0.15) is 17.7 Å². The smallest absolute Gasteiger partial charge is 0.309 e. The van der Waals surface area contributed by atoms with Gasteiger partial charge in [-0.15, -0.1) is 24.0 Å². The Morgan fingerprint density at radius 3 is 2.70 bits per heavy atom. The molecule has 0 bridgehead atoms. The van der Waals surface area contributed by atoms with Crippen molar-refractivity contribution < 1.29 is 18.7 Å². The molecule has 1 aromatic rings. The quantitative estimate of drug-likeness (QED) is 0.286. The van der Waals surface area contributed by atoms with Crippen LogP contribution in [0.5, 0.6) is 5.75 Å². The van der Waals surface area contributed by atoms with E-state index in [0.29, 0.717) is 18.9 Å². The highest BCUT2D eigenvalue weighted by Gasteiger charge is 2.27. The Labute approximate surface area is 177 Å². The first-order chi connectivity index (χ1) is 12.5. The average molecular weight is 493 g/mol. The highest BCUT2D eigenvalue weighted by molar-refractivity contribution is 14.0. The standard InChI is InChI=1S/C19H28FN3O3.HI/c1-4-25-18(24)15-8-10-23(11-9-15)19(21-3)22-13-14(2)26-17-7-5-6-16(20)12-17;/h5-7,12,14-15H,4,8-11,13H2,1-3H3,(H,21,22);1H. The van der Waals surface area contributed by atoms with Crippen LogP contribution in [-0.4, -0.2) is 56.2 Å². The summed E-state index contributed by atoms with van der Waals surface area (Å²) in [6.45, 7) is 6.21. The minimum absolute atomic E-state index is 0. The zero-order valence-electron chi connectivity index (χ0n) is 16.1. The predicted octanol–water partition coefficient (Wildman–Crippen LogP) is 3.06. The lowest BCUT2D eigenvalue weighted by molar-refractivity contribution is -0.149. The number of nitrogens with one attached hydrogen (secondary N) is 1. The van der Waals surface area contributed by atoms with Gasteiger partial charge in [0.15, 0.2) is 5.96 Å². The molecule has 1 atom stereocenters. The van der Waals surface area contributed by atoms with Crippen LogP contribution < -0.4 is 10.1 Å². The maximum atomic E-state index is 13.2. The van der Waals surface area contributed by atoms with Crippen molar-refractivity contribution in [3.05, 3.63) is 30.1 Å². The Morgan fingerprint density at radius 2 is 2.11 bits per heavy atom. The second-order valence-corrected chi connectivity index (χ2v) is 6.33. The maximum Gasteiger partial charge on any atom is 0.309 e. The number of guanidine groups is 1. The van der Waals surface area contributed by atoms with Crippen molar-refractivity contribution in [1.82, 2.24) is 10.2 Å². The maximum absolute atomic E-state index is 13.2. The summed E-state index contributed by atoms with van der Waals surface area (Å²) in [5.41, 5.74) is 0. The number of halogens is 2. The van der Waals surface area contributed by atoms with Gasteiger partial charge in [-0.05, 0) is 38.8 Å². The zero-order chi connectivity index (χ0) is 18.9. The van der Waals surface area contributed by atoms with Crippen LogP contribution in [0.15, 0.2) is 29.3 Å². The highest BCUT2D eigenvalue weighted by atomic mass is 127. The summed E-state index contributed by atoms with van der Waals surface area (Å²) in [4.78, 5) is 18.3. The zero-order valence-corrected chi connectivity index (χ0v) is 18.4. The van der Waals surface area contributed by atoms with E-state index in [-0.39, 0.29) is 47.8 Å². The van der Waals surface area contributed by atoms with E-state index in [2.05, 4.69) is 15.2 Å². The van der Waals surface area contributed by atoms with Crippen molar-refractivity contribution in [3.8, 4) is 5.75 Å². The normalized spacial score (nSPS) is 16.3. The number of carbonyl (C=O) groups is 1. The van der Waals surface area contributed by atoms with Crippen LogP contribution >= 0.6 is 24.0 Å². The van der Waals surface area contributed by atoms with Gasteiger partial charge in [-0.3, -0.25) is 9.79 Å². The largest absolute Gasteiger partial charge is 0.489 e. The molecule has 0 amide bonds. The highest BCUT2D eigenvalue weighted by Crippen LogP contribution is 2.19. The molecule has 0 aliphatic carbocycles. The summed E-state index contributed by atoms with van der Waals surface area (Å²) in [5, 5.41) is 3.28. The Balaban J connectivity index is 0.00000364. The minimum Gasteiger partial charge on any atom is -0.489 e. The SMILES string of the molecule is CCOC(=O)C1CCN(C(=NC)NCC(C)Oc2cccc(F)c2)CC1.I. The molecular weight excluding hydrogens is 464 g/mol. The van der Waals surface area contributed by atoms with Crippen LogP contribution in [0.1, 0.15) is 26.7 Å².